The molecule has 100 valence electrons. The van der Waals surface area contributed by atoms with Crippen LogP contribution >= 0.6 is 0 Å². The van der Waals surface area contributed by atoms with Gasteiger partial charge >= 0.3 is 0 Å². The average molecular weight is 248 g/mol. The molecule has 0 heterocycles. The zero-order valence-corrected chi connectivity index (χ0v) is 11.4. The molecule has 0 aliphatic rings. The Labute approximate surface area is 110 Å². The molecule has 0 radical (unpaired) electrons. The van der Waals surface area contributed by atoms with Gasteiger partial charge in [-0.1, -0.05) is 57.6 Å². The Kier molecular flexibility index (Phi) is 7.94. The summed E-state index contributed by atoms with van der Waals surface area (Å²) >= 11 is 0. The predicted octanol–water partition coefficient (Wildman–Crippen LogP) is 4.63. The van der Waals surface area contributed by atoms with Gasteiger partial charge in [-0.3, -0.25) is 4.79 Å². The highest BCUT2D eigenvalue weighted by atomic mass is 16.5. The monoisotopic (exact) mass is 248 g/mol. The highest BCUT2D eigenvalue weighted by Gasteiger charge is 1.96. The number of hydrogen-bond acceptors (Lipinski definition) is 2. The number of rotatable bonds is 10. The summed E-state index contributed by atoms with van der Waals surface area (Å²) in [6.07, 6.45) is 9.84. The molecule has 18 heavy (non-hydrogen) atoms. The van der Waals surface area contributed by atoms with Crippen molar-refractivity contribution in [3.63, 3.8) is 0 Å². The molecule has 0 amide bonds. The normalized spacial score (nSPS) is 10.3. The fraction of sp³-hybridized carbons (Fsp3) is 0.562. The van der Waals surface area contributed by atoms with Gasteiger partial charge in [-0.15, -0.1) is 0 Å². The van der Waals surface area contributed by atoms with Gasteiger partial charge in [-0.25, -0.2) is 0 Å². The molecule has 0 bridgehead atoms. The third kappa shape index (κ3) is 6.43. The number of ether oxygens (including phenoxy) is 1. The van der Waals surface area contributed by atoms with Crippen LogP contribution in [0.15, 0.2) is 24.3 Å². The summed E-state index contributed by atoms with van der Waals surface area (Å²) in [4.78, 5) is 10.6. The summed E-state index contributed by atoms with van der Waals surface area (Å²) in [5.41, 5.74) is 0.673. The molecule has 0 spiro atoms. The van der Waals surface area contributed by atoms with E-state index in [-0.39, 0.29) is 0 Å². The summed E-state index contributed by atoms with van der Waals surface area (Å²) in [5.74, 6) is 0.797. The minimum Gasteiger partial charge on any atom is -0.494 e. The molecule has 0 saturated carbocycles. The van der Waals surface area contributed by atoms with E-state index in [1.807, 2.05) is 12.1 Å². The number of aldehydes is 1. The number of unbranched alkanes of at least 4 members (excludes halogenated alkanes) is 6. The van der Waals surface area contributed by atoms with Crippen molar-refractivity contribution in [2.75, 3.05) is 6.61 Å². The zero-order chi connectivity index (χ0) is 13.1. The van der Waals surface area contributed by atoms with E-state index in [9.17, 15) is 4.79 Å². The molecule has 0 aliphatic carbocycles. The van der Waals surface area contributed by atoms with Crippen LogP contribution in [0, 0.1) is 0 Å². The molecule has 0 aliphatic heterocycles. The standard InChI is InChI=1S/C16H24O2/c1-2-3-4-5-6-7-8-12-18-16-11-9-10-15(13-16)14-17/h9-11,13-14H,2-8,12H2,1H3. The Morgan fingerprint density at radius 2 is 1.78 bits per heavy atom. The van der Waals surface area contributed by atoms with Crippen molar-refractivity contribution in [3.8, 4) is 5.75 Å². The van der Waals surface area contributed by atoms with Crippen molar-refractivity contribution >= 4 is 6.29 Å². The van der Waals surface area contributed by atoms with Crippen molar-refractivity contribution in [1.29, 1.82) is 0 Å². The summed E-state index contributed by atoms with van der Waals surface area (Å²) in [6, 6.07) is 7.32. The van der Waals surface area contributed by atoms with E-state index in [0.717, 1.165) is 25.1 Å². The summed E-state index contributed by atoms with van der Waals surface area (Å²) in [6.45, 7) is 2.98. The molecule has 0 N–H and O–H groups in total. The number of carbonyl (C=O) groups is 1. The van der Waals surface area contributed by atoms with E-state index in [0.29, 0.717) is 5.56 Å². The lowest BCUT2D eigenvalue weighted by atomic mass is 10.1. The Hall–Kier alpha value is -1.31. The van der Waals surface area contributed by atoms with Crippen LogP contribution in [-0.4, -0.2) is 12.9 Å². The Morgan fingerprint density at radius 3 is 2.50 bits per heavy atom. The first kappa shape index (κ1) is 14.7. The van der Waals surface area contributed by atoms with Crippen molar-refractivity contribution in [3.05, 3.63) is 29.8 Å². The first-order valence-electron chi connectivity index (χ1n) is 7.05. The van der Waals surface area contributed by atoms with Gasteiger partial charge in [0.2, 0.25) is 0 Å². The second-order valence-corrected chi connectivity index (χ2v) is 4.66. The highest BCUT2D eigenvalue weighted by molar-refractivity contribution is 5.75. The Morgan fingerprint density at radius 1 is 1.06 bits per heavy atom. The van der Waals surface area contributed by atoms with Crippen molar-refractivity contribution < 1.29 is 9.53 Å². The van der Waals surface area contributed by atoms with E-state index in [1.165, 1.54) is 38.5 Å². The maximum atomic E-state index is 10.6. The van der Waals surface area contributed by atoms with E-state index in [1.54, 1.807) is 12.1 Å². The van der Waals surface area contributed by atoms with Gasteiger partial charge in [-0.2, -0.15) is 0 Å². The Balaban J connectivity index is 2.05. The van der Waals surface area contributed by atoms with Gasteiger partial charge < -0.3 is 4.74 Å². The van der Waals surface area contributed by atoms with Gasteiger partial charge in [-0.05, 0) is 18.6 Å². The third-order valence-corrected chi connectivity index (χ3v) is 3.01. The van der Waals surface area contributed by atoms with Gasteiger partial charge in [0, 0.05) is 5.56 Å². The molecule has 2 nitrogen and oxygen atoms in total. The van der Waals surface area contributed by atoms with Crippen LogP contribution in [0.2, 0.25) is 0 Å². The minimum absolute atomic E-state index is 0.673. The van der Waals surface area contributed by atoms with Crippen LogP contribution in [0.1, 0.15) is 62.2 Å². The van der Waals surface area contributed by atoms with Gasteiger partial charge in [0.05, 0.1) is 6.61 Å². The SMILES string of the molecule is CCCCCCCCCOc1cccc(C=O)c1. The molecule has 0 unspecified atom stereocenters. The zero-order valence-electron chi connectivity index (χ0n) is 11.4. The lowest BCUT2D eigenvalue weighted by Crippen LogP contribution is -1.97. The third-order valence-electron chi connectivity index (χ3n) is 3.01. The van der Waals surface area contributed by atoms with Crippen molar-refractivity contribution in [2.24, 2.45) is 0 Å². The lowest BCUT2D eigenvalue weighted by Gasteiger charge is -2.06. The predicted molar refractivity (Wildman–Crippen MR) is 75.3 cm³/mol. The maximum absolute atomic E-state index is 10.6. The summed E-state index contributed by atoms with van der Waals surface area (Å²) in [5, 5.41) is 0. The van der Waals surface area contributed by atoms with E-state index < -0.39 is 0 Å². The quantitative estimate of drug-likeness (QED) is 0.446. The van der Waals surface area contributed by atoms with Gasteiger partial charge in [0.25, 0.3) is 0 Å². The van der Waals surface area contributed by atoms with E-state index in [2.05, 4.69) is 6.92 Å². The van der Waals surface area contributed by atoms with Crippen LogP contribution in [0.5, 0.6) is 5.75 Å². The minimum atomic E-state index is 0.673. The molecule has 0 saturated heterocycles. The van der Waals surface area contributed by atoms with Crippen LogP contribution in [0.25, 0.3) is 0 Å². The molecule has 1 aromatic rings. The van der Waals surface area contributed by atoms with Gasteiger partial charge in [0.1, 0.15) is 12.0 Å². The van der Waals surface area contributed by atoms with Crippen molar-refractivity contribution in [2.45, 2.75) is 51.9 Å². The van der Waals surface area contributed by atoms with Gasteiger partial charge in [0.15, 0.2) is 0 Å². The molecule has 1 aromatic carbocycles. The average Bonchev–Trinajstić information content (AvgIpc) is 2.42. The fourth-order valence-corrected chi connectivity index (χ4v) is 1.93. The lowest BCUT2D eigenvalue weighted by molar-refractivity contribution is 0.112. The fourth-order valence-electron chi connectivity index (χ4n) is 1.93. The maximum Gasteiger partial charge on any atom is 0.150 e. The molecule has 0 fully saturated rings. The van der Waals surface area contributed by atoms with Crippen molar-refractivity contribution in [1.82, 2.24) is 0 Å². The number of benzene rings is 1. The van der Waals surface area contributed by atoms with Crippen LogP contribution in [0.3, 0.4) is 0 Å². The van der Waals surface area contributed by atoms with Crippen LogP contribution in [0.4, 0.5) is 0 Å². The summed E-state index contributed by atoms with van der Waals surface area (Å²) < 4.78 is 5.62. The molecule has 1 rings (SSSR count). The van der Waals surface area contributed by atoms with Crippen LogP contribution < -0.4 is 4.74 Å². The molecular formula is C16H24O2. The smallest absolute Gasteiger partial charge is 0.150 e. The second kappa shape index (κ2) is 9.69. The first-order valence-corrected chi connectivity index (χ1v) is 7.05. The topological polar surface area (TPSA) is 26.3 Å². The van der Waals surface area contributed by atoms with E-state index >= 15 is 0 Å². The molecule has 0 atom stereocenters. The van der Waals surface area contributed by atoms with E-state index in [4.69, 9.17) is 4.74 Å². The second-order valence-electron chi connectivity index (χ2n) is 4.66. The number of carbonyl (C=O) groups excluding carboxylic acids is 1. The largest absolute Gasteiger partial charge is 0.494 e. The number of hydrogen-bond donors (Lipinski definition) is 0. The molecular weight excluding hydrogens is 224 g/mol. The van der Waals surface area contributed by atoms with Crippen LogP contribution in [-0.2, 0) is 0 Å². The molecule has 2 heteroatoms. The first-order chi connectivity index (χ1) is 8.86. The Bertz CT molecular complexity index is 334. The highest BCUT2D eigenvalue weighted by Crippen LogP contribution is 2.13. The molecule has 0 aromatic heterocycles. The summed E-state index contributed by atoms with van der Waals surface area (Å²) in [7, 11) is 0.